The molecule has 0 spiro atoms. The highest BCUT2D eigenvalue weighted by molar-refractivity contribution is 5.42. The molecule has 0 amide bonds. The maximum absolute atomic E-state index is 4.51. The number of hydrogen-bond donors (Lipinski definition) is 1. The molecule has 7 nitrogen and oxygen atoms in total. The molecule has 2 aromatic heterocycles. The maximum atomic E-state index is 4.51. The quantitative estimate of drug-likeness (QED) is 0.848. The second-order valence-electron chi connectivity index (χ2n) is 4.70. The van der Waals surface area contributed by atoms with Crippen LogP contribution in [0, 0.1) is 13.8 Å². The molecule has 1 aliphatic heterocycles. The van der Waals surface area contributed by atoms with Crippen LogP contribution in [0.2, 0.25) is 0 Å². The van der Waals surface area contributed by atoms with E-state index in [0.717, 1.165) is 49.5 Å². The van der Waals surface area contributed by atoms with Gasteiger partial charge in [-0.2, -0.15) is 10.1 Å². The minimum absolute atomic E-state index is 0.827. The second-order valence-corrected chi connectivity index (χ2v) is 4.70. The topological polar surface area (TPSA) is 73.8 Å². The number of aromatic nitrogens is 5. The summed E-state index contributed by atoms with van der Waals surface area (Å²) >= 11 is 0. The Morgan fingerprint density at radius 1 is 1.05 bits per heavy atom. The van der Waals surface area contributed by atoms with E-state index in [1.165, 1.54) is 0 Å². The fraction of sp³-hybridized carbons (Fsp3) is 0.500. The van der Waals surface area contributed by atoms with Crippen LogP contribution >= 0.6 is 0 Å². The molecule has 1 aliphatic rings. The number of aryl methyl sites for hydroxylation is 2. The molecule has 0 saturated carbocycles. The van der Waals surface area contributed by atoms with Crippen molar-refractivity contribution in [2.75, 3.05) is 36.0 Å². The van der Waals surface area contributed by atoms with Gasteiger partial charge in [-0.25, -0.2) is 15.1 Å². The van der Waals surface area contributed by atoms with Crippen molar-refractivity contribution >= 4 is 11.8 Å². The number of H-pyrrole nitrogens is 1. The van der Waals surface area contributed by atoms with Crippen molar-refractivity contribution in [3.8, 4) is 0 Å². The first-order chi connectivity index (χ1) is 9.22. The smallest absolute Gasteiger partial charge is 0.221 e. The van der Waals surface area contributed by atoms with E-state index in [1.54, 1.807) is 6.33 Å². The van der Waals surface area contributed by atoms with Crippen LogP contribution in [0.15, 0.2) is 12.4 Å². The number of nitrogens with one attached hydrogen (secondary N) is 1. The Hall–Kier alpha value is -2.18. The van der Waals surface area contributed by atoms with Crippen LogP contribution in [0.4, 0.5) is 11.8 Å². The lowest BCUT2D eigenvalue weighted by atomic mass is 10.3. The van der Waals surface area contributed by atoms with Gasteiger partial charge in [0.15, 0.2) is 0 Å². The summed E-state index contributed by atoms with van der Waals surface area (Å²) in [6.45, 7) is 7.62. The lowest BCUT2D eigenvalue weighted by Crippen LogP contribution is -2.47. The molecule has 0 radical (unpaired) electrons. The SMILES string of the molecule is Cc1cc(N2CCN(c3ncn[nH]3)CC2)nc(C)n1. The minimum atomic E-state index is 0.827. The van der Waals surface area contributed by atoms with Crippen LogP contribution in [0.1, 0.15) is 11.5 Å². The van der Waals surface area contributed by atoms with E-state index in [4.69, 9.17) is 0 Å². The predicted molar refractivity (Wildman–Crippen MR) is 72.3 cm³/mol. The Kier molecular flexibility index (Phi) is 3.02. The van der Waals surface area contributed by atoms with Crippen LogP contribution in [0.3, 0.4) is 0 Å². The van der Waals surface area contributed by atoms with Gasteiger partial charge in [0.05, 0.1) is 0 Å². The first kappa shape index (κ1) is 11.9. The molecule has 0 aromatic carbocycles. The number of aromatic amines is 1. The van der Waals surface area contributed by atoms with E-state index in [9.17, 15) is 0 Å². The Labute approximate surface area is 111 Å². The zero-order chi connectivity index (χ0) is 13.2. The Balaban J connectivity index is 1.70. The molecular formula is C12H17N7. The summed E-state index contributed by atoms with van der Waals surface area (Å²) in [6.07, 6.45) is 1.54. The van der Waals surface area contributed by atoms with Crippen molar-refractivity contribution in [1.29, 1.82) is 0 Å². The minimum Gasteiger partial charge on any atom is -0.353 e. The van der Waals surface area contributed by atoms with Crippen LogP contribution in [0.25, 0.3) is 0 Å². The standard InChI is InChI=1S/C12H17N7/c1-9-7-11(16-10(2)15-9)18-3-5-19(6-4-18)12-13-8-14-17-12/h7-8H,3-6H2,1-2H3,(H,13,14,17). The molecule has 3 rings (SSSR count). The molecular weight excluding hydrogens is 242 g/mol. The third-order valence-corrected chi connectivity index (χ3v) is 3.26. The van der Waals surface area contributed by atoms with Crippen LogP contribution < -0.4 is 9.80 Å². The monoisotopic (exact) mass is 259 g/mol. The van der Waals surface area contributed by atoms with Crippen molar-refractivity contribution < 1.29 is 0 Å². The molecule has 0 bridgehead atoms. The Morgan fingerprint density at radius 3 is 2.42 bits per heavy atom. The van der Waals surface area contributed by atoms with Crippen molar-refractivity contribution in [3.05, 3.63) is 23.9 Å². The fourth-order valence-corrected chi connectivity index (χ4v) is 2.36. The number of nitrogens with zero attached hydrogens (tertiary/aromatic N) is 6. The first-order valence-corrected chi connectivity index (χ1v) is 6.40. The van der Waals surface area contributed by atoms with Gasteiger partial charge in [-0.3, -0.25) is 0 Å². The van der Waals surface area contributed by atoms with Gasteiger partial charge in [-0.15, -0.1) is 0 Å². The number of piperazine rings is 1. The van der Waals surface area contributed by atoms with Gasteiger partial charge < -0.3 is 9.80 Å². The van der Waals surface area contributed by atoms with Crippen molar-refractivity contribution in [1.82, 2.24) is 25.1 Å². The Morgan fingerprint density at radius 2 is 1.79 bits per heavy atom. The lowest BCUT2D eigenvalue weighted by molar-refractivity contribution is 0.633. The van der Waals surface area contributed by atoms with E-state index in [-0.39, 0.29) is 0 Å². The van der Waals surface area contributed by atoms with Crippen LogP contribution in [0.5, 0.6) is 0 Å². The van der Waals surface area contributed by atoms with E-state index < -0.39 is 0 Å². The normalized spacial score (nSPS) is 15.9. The van der Waals surface area contributed by atoms with Gasteiger partial charge in [0.25, 0.3) is 0 Å². The van der Waals surface area contributed by atoms with Crippen molar-refractivity contribution in [3.63, 3.8) is 0 Å². The molecule has 2 aromatic rings. The highest BCUT2D eigenvalue weighted by atomic mass is 15.4. The summed E-state index contributed by atoms with van der Waals surface area (Å²) in [6, 6.07) is 2.04. The Bertz CT molecular complexity index is 523. The molecule has 100 valence electrons. The summed E-state index contributed by atoms with van der Waals surface area (Å²) in [5, 5.41) is 6.79. The van der Waals surface area contributed by atoms with Gasteiger partial charge in [0, 0.05) is 37.9 Å². The van der Waals surface area contributed by atoms with Crippen LogP contribution in [-0.4, -0.2) is 51.3 Å². The third-order valence-electron chi connectivity index (χ3n) is 3.26. The number of rotatable bonds is 2. The summed E-state index contributed by atoms with van der Waals surface area (Å²) in [5.74, 6) is 2.68. The fourth-order valence-electron chi connectivity index (χ4n) is 2.36. The molecule has 0 unspecified atom stereocenters. The molecule has 1 N–H and O–H groups in total. The van der Waals surface area contributed by atoms with Gasteiger partial charge in [0.2, 0.25) is 5.95 Å². The summed E-state index contributed by atoms with van der Waals surface area (Å²) in [7, 11) is 0. The largest absolute Gasteiger partial charge is 0.353 e. The van der Waals surface area contributed by atoms with E-state index >= 15 is 0 Å². The molecule has 3 heterocycles. The predicted octanol–water partition coefficient (Wildman–Crippen LogP) is 0.538. The number of hydrogen-bond acceptors (Lipinski definition) is 6. The molecule has 1 saturated heterocycles. The van der Waals surface area contributed by atoms with E-state index in [0.29, 0.717) is 0 Å². The van der Waals surface area contributed by atoms with E-state index in [2.05, 4.69) is 34.9 Å². The van der Waals surface area contributed by atoms with Gasteiger partial charge in [-0.1, -0.05) is 0 Å². The van der Waals surface area contributed by atoms with Crippen molar-refractivity contribution in [2.45, 2.75) is 13.8 Å². The first-order valence-electron chi connectivity index (χ1n) is 6.40. The summed E-state index contributed by atoms with van der Waals surface area (Å²) < 4.78 is 0. The maximum Gasteiger partial charge on any atom is 0.221 e. The van der Waals surface area contributed by atoms with Gasteiger partial charge in [-0.05, 0) is 13.8 Å². The summed E-state index contributed by atoms with van der Waals surface area (Å²) in [4.78, 5) is 17.5. The molecule has 19 heavy (non-hydrogen) atoms. The summed E-state index contributed by atoms with van der Waals surface area (Å²) in [5.41, 5.74) is 1.01. The lowest BCUT2D eigenvalue weighted by Gasteiger charge is -2.35. The van der Waals surface area contributed by atoms with Gasteiger partial charge >= 0.3 is 0 Å². The average Bonchev–Trinajstić information content (AvgIpc) is 2.91. The zero-order valence-electron chi connectivity index (χ0n) is 11.2. The van der Waals surface area contributed by atoms with Gasteiger partial charge in [0.1, 0.15) is 18.0 Å². The number of anilines is 2. The highest BCUT2D eigenvalue weighted by Crippen LogP contribution is 2.16. The average molecular weight is 259 g/mol. The third kappa shape index (κ3) is 2.49. The molecule has 7 heteroatoms. The second kappa shape index (κ2) is 4.83. The molecule has 0 aliphatic carbocycles. The van der Waals surface area contributed by atoms with Crippen LogP contribution in [-0.2, 0) is 0 Å². The van der Waals surface area contributed by atoms with E-state index in [1.807, 2.05) is 19.9 Å². The van der Waals surface area contributed by atoms with Crippen molar-refractivity contribution in [2.24, 2.45) is 0 Å². The highest BCUT2D eigenvalue weighted by Gasteiger charge is 2.20. The molecule has 1 fully saturated rings. The molecule has 0 atom stereocenters. The zero-order valence-corrected chi connectivity index (χ0v) is 11.2.